The summed E-state index contributed by atoms with van der Waals surface area (Å²) in [5.74, 6) is -72.2. The predicted octanol–water partition coefficient (Wildman–Crippen LogP) is 7.06. The topological polar surface area (TPSA) is 77.5 Å². The summed E-state index contributed by atoms with van der Waals surface area (Å²) in [6.45, 7) is 0. The minimum Gasteiger partial charge on any atom is -0.192 e. The molecule has 0 aromatic rings. The Hall–Kier alpha value is -1.96. The number of alkyl halides is 26. The predicted molar refractivity (Wildman–Crippen MR) is 80.5 cm³/mol. The maximum atomic E-state index is 13.6. The van der Waals surface area contributed by atoms with Crippen LogP contribution in [0.25, 0.3) is 0 Å². The highest BCUT2D eigenvalue weighted by Gasteiger charge is 2.95. The van der Waals surface area contributed by atoms with Gasteiger partial charge in [0.15, 0.2) is 0 Å². The summed E-state index contributed by atoms with van der Waals surface area (Å²) in [6, 6.07) is 0. The molecule has 0 aromatic carbocycles. The van der Waals surface area contributed by atoms with E-state index in [0.717, 1.165) is 3.63 Å². The molecule has 0 aromatic heterocycles. The standard InChI is InChI=1S/C12F26O5S2/c13-1(14,5(21,22)9(29,30)31)3(17,18)7(25,26)11(35,36)44(39,40)43-45(41,42)12(37,38)8(27,28)4(19,20)2(15,16)6(23,24)10(32,33)34. The van der Waals surface area contributed by atoms with Gasteiger partial charge in [0.05, 0.1) is 0 Å². The van der Waals surface area contributed by atoms with Crippen LogP contribution in [0.5, 0.6) is 0 Å². The van der Waals surface area contributed by atoms with E-state index >= 15 is 0 Å². The minimum atomic E-state index is -9.66. The molecule has 0 spiro atoms. The fourth-order valence-corrected chi connectivity index (χ4v) is 4.54. The Labute approximate surface area is 226 Å². The first kappa shape index (κ1) is 43.0. The highest BCUT2D eigenvalue weighted by atomic mass is 32.3. The second-order valence-corrected chi connectivity index (χ2v) is 11.0. The van der Waals surface area contributed by atoms with Gasteiger partial charge >= 0.3 is 90.5 Å². The number of hydrogen-bond donors (Lipinski definition) is 0. The van der Waals surface area contributed by atoms with Crippen LogP contribution >= 0.6 is 0 Å². The third-order valence-corrected chi connectivity index (χ3v) is 7.82. The smallest absolute Gasteiger partial charge is 0.192 e. The van der Waals surface area contributed by atoms with Crippen LogP contribution < -0.4 is 0 Å². The molecule has 0 rings (SSSR count). The second-order valence-electron chi connectivity index (χ2n) is 7.60. The zero-order valence-electron chi connectivity index (χ0n) is 18.7. The first-order chi connectivity index (χ1) is 18.7. The molecule has 0 saturated heterocycles. The lowest BCUT2D eigenvalue weighted by Crippen LogP contribution is -2.72. The lowest BCUT2D eigenvalue weighted by Gasteiger charge is -2.39. The third-order valence-electron chi connectivity index (χ3n) is 4.62. The van der Waals surface area contributed by atoms with Crippen molar-refractivity contribution in [2.24, 2.45) is 0 Å². The van der Waals surface area contributed by atoms with Gasteiger partial charge in [0.1, 0.15) is 0 Å². The van der Waals surface area contributed by atoms with Gasteiger partial charge in [-0.1, -0.05) is 0 Å². The van der Waals surface area contributed by atoms with E-state index in [1.54, 1.807) is 0 Å². The van der Waals surface area contributed by atoms with E-state index in [1.165, 1.54) is 0 Å². The lowest BCUT2D eigenvalue weighted by atomic mass is 9.98. The molecule has 0 amide bonds. The van der Waals surface area contributed by atoms with Crippen molar-refractivity contribution in [1.29, 1.82) is 0 Å². The second kappa shape index (κ2) is 10.3. The van der Waals surface area contributed by atoms with Gasteiger partial charge in [0, 0.05) is 0 Å². The lowest BCUT2D eigenvalue weighted by molar-refractivity contribution is -0.434. The molecule has 0 heterocycles. The van der Waals surface area contributed by atoms with Gasteiger partial charge in [0.25, 0.3) is 0 Å². The van der Waals surface area contributed by atoms with Crippen LogP contribution in [0.4, 0.5) is 114 Å². The van der Waals surface area contributed by atoms with Crippen molar-refractivity contribution in [3.8, 4) is 0 Å². The summed E-state index contributed by atoms with van der Waals surface area (Å²) in [4.78, 5) is 0. The van der Waals surface area contributed by atoms with Crippen LogP contribution in [-0.2, 0) is 23.9 Å². The molecule has 0 bridgehead atoms. The molecule has 0 aliphatic carbocycles. The van der Waals surface area contributed by atoms with Gasteiger partial charge < -0.3 is 0 Å². The van der Waals surface area contributed by atoms with Crippen LogP contribution in [0.3, 0.4) is 0 Å². The molecular weight excluding hydrogens is 782 g/mol. The molecule has 272 valence electrons. The average Bonchev–Trinajstić information content (AvgIpc) is 2.75. The van der Waals surface area contributed by atoms with Gasteiger partial charge in [-0.25, -0.2) is 0 Å². The summed E-state index contributed by atoms with van der Waals surface area (Å²) < 4.78 is 382. The van der Waals surface area contributed by atoms with Crippen molar-refractivity contribution >= 4 is 20.2 Å². The van der Waals surface area contributed by atoms with Gasteiger partial charge in [-0.3, -0.25) is 0 Å². The SMILES string of the molecule is O=S(=O)(OS(=O)(=O)C(F)(F)C(F)(F)C(F)(F)C(F)(F)C(F)(F)C(F)(F)F)C(F)(F)C(F)(F)C(F)(F)C(F)(F)C(F)(F)C(F)(F)F. The zero-order chi connectivity index (χ0) is 37.7. The maximum Gasteiger partial charge on any atom is 0.460 e. The normalized spacial score (nSPS) is 17.1. The van der Waals surface area contributed by atoms with E-state index in [0.29, 0.717) is 0 Å². The van der Waals surface area contributed by atoms with Crippen molar-refractivity contribution in [3.63, 3.8) is 0 Å². The largest absolute Gasteiger partial charge is 0.460 e. The van der Waals surface area contributed by atoms with Crippen LogP contribution in [-0.4, -0.2) is 87.1 Å². The molecule has 0 aliphatic heterocycles. The first-order valence-corrected chi connectivity index (χ1v) is 11.6. The summed E-state index contributed by atoms with van der Waals surface area (Å²) >= 11 is 0. The Kier molecular flexibility index (Phi) is 9.82. The van der Waals surface area contributed by atoms with Crippen molar-refractivity contribution < 1.29 is 135 Å². The Bertz CT molecular complexity index is 1230. The molecule has 45 heavy (non-hydrogen) atoms. The molecule has 0 aliphatic rings. The molecule has 5 nitrogen and oxygen atoms in total. The number of rotatable bonds is 12. The van der Waals surface area contributed by atoms with Gasteiger partial charge in [-0.2, -0.15) is 131 Å². The van der Waals surface area contributed by atoms with E-state index in [1.807, 2.05) is 0 Å². The summed E-state index contributed by atoms with van der Waals surface area (Å²) in [5.41, 5.74) is 0. The van der Waals surface area contributed by atoms with Crippen LogP contribution in [0, 0.1) is 0 Å². The Morgan fingerprint density at radius 2 is 0.422 bits per heavy atom. The van der Waals surface area contributed by atoms with E-state index in [9.17, 15) is 131 Å². The van der Waals surface area contributed by atoms with Crippen molar-refractivity contribution in [2.75, 3.05) is 0 Å². The average molecular weight is 782 g/mol. The van der Waals surface area contributed by atoms with E-state index in [-0.39, 0.29) is 0 Å². The van der Waals surface area contributed by atoms with Crippen molar-refractivity contribution in [3.05, 3.63) is 0 Å². The summed E-state index contributed by atoms with van der Waals surface area (Å²) in [7, 11) is -19.3. The van der Waals surface area contributed by atoms with Gasteiger partial charge in [0.2, 0.25) is 0 Å². The minimum absolute atomic E-state index is 1.16. The molecule has 33 heteroatoms. The molecule has 0 fully saturated rings. The molecule has 0 N–H and O–H groups in total. The van der Waals surface area contributed by atoms with Crippen molar-refractivity contribution in [2.45, 2.75) is 70.2 Å². The number of halogens is 26. The van der Waals surface area contributed by atoms with Crippen molar-refractivity contribution in [1.82, 2.24) is 0 Å². The highest BCUT2D eigenvalue weighted by Crippen LogP contribution is 2.63. The fourth-order valence-electron chi connectivity index (χ4n) is 2.03. The van der Waals surface area contributed by atoms with Gasteiger partial charge in [-0.05, 0) is 0 Å². The fraction of sp³-hybridized carbons (Fsp3) is 1.00. The first-order valence-electron chi connectivity index (χ1n) is 8.82. The number of hydrogen-bond acceptors (Lipinski definition) is 5. The van der Waals surface area contributed by atoms with Crippen LogP contribution in [0.1, 0.15) is 0 Å². The zero-order valence-corrected chi connectivity index (χ0v) is 20.3. The molecular formula is C12F26O5S2. The van der Waals surface area contributed by atoms with E-state index in [2.05, 4.69) is 0 Å². The maximum absolute atomic E-state index is 13.6. The van der Waals surface area contributed by atoms with Gasteiger partial charge in [-0.15, -0.1) is 3.63 Å². The van der Waals surface area contributed by atoms with E-state index in [4.69, 9.17) is 0 Å². The summed E-state index contributed by atoms with van der Waals surface area (Å²) in [5, 5.41) is -18.0. The van der Waals surface area contributed by atoms with Crippen LogP contribution in [0.2, 0.25) is 0 Å². The molecule has 0 unspecified atom stereocenters. The quantitative estimate of drug-likeness (QED) is 0.199. The molecule has 0 radical (unpaired) electrons. The van der Waals surface area contributed by atoms with E-state index < -0.39 is 90.5 Å². The van der Waals surface area contributed by atoms with Crippen LogP contribution in [0.15, 0.2) is 0 Å². The Balaban J connectivity index is 7.24. The molecule has 0 atom stereocenters. The third kappa shape index (κ3) is 5.37. The highest BCUT2D eigenvalue weighted by molar-refractivity contribution is 8.00. The Morgan fingerprint density at radius 1 is 0.267 bits per heavy atom. The Morgan fingerprint density at radius 3 is 0.578 bits per heavy atom. The monoisotopic (exact) mass is 782 g/mol. The molecule has 0 saturated carbocycles. The summed E-state index contributed by atoms with van der Waals surface area (Å²) in [6.07, 6.45) is -16.3.